The van der Waals surface area contributed by atoms with Crippen molar-refractivity contribution in [1.82, 2.24) is 14.5 Å². The van der Waals surface area contributed by atoms with E-state index in [0.717, 1.165) is 21.0 Å². The van der Waals surface area contributed by atoms with Crippen molar-refractivity contribution < 1.29 is 0 Å². The Labute approximate surface area is 153 Å². The molecule has 0 aliphatic carbocycles. The summed E-state index contributed by atoms with van der Waals surface area (Å²) in [7, 11) is 0. The Bertz CT molecular complexity index is 1180. The number of hydrogen-bond donors (Lipinski definition) is 1. The highest BCUT2D eigenvalue weighted by Crippen LogP contribution is 2.36. The van der Waals surface area contributed by atoms with Gasteiger partial charge in [0.2, 0.25) is 0 Å². The molecule has 0 radical (unpaired) electrons. The van der Waals surface area contributed by atoms with Crippen molar-refractivity contribution >= 4 is 11.3 Å². The van der Waals surface area contributed by atoms with E-state index < -0.39 is 5.69 Å². The van der Waals surface area contributed by atoms with Gasteiger partial charge < -0.3 is 0 Å². The van der Waals surface area contributed by atoms with Crippen molar-refractivity contribution in [3.05, 3.63) is 93.3 Å². The Kier molecular flexibility index (Phi) is 4.10. The Morgan fingerprint density at radius 3 is 2.19 bits per heavy atom. The van der Waals surface area contributed by atoms with E-state index in [1.165, 1.54) is 22.1 Å². The highest BCUT2D eigenvalue weighted by molar-refractivity contribution is 7.18. The Hall–Kier alpha value is -3.25. The molecule has 4 rings (SSSR count). The van der Waals surface area contributed by atoms with Crippen molar-refractivity contribution in [2.24, 2.45) is 0 Å². The van der Waals surface area contributed by atoms with Gasteiger partial charge in [-0.1, -0.05) is 60.7 Å². The molecule has 0 spiro atoms. The molecule has 0 bridgehead atoms. The predicted molar refractivity (Wildman–Crippen MR) is 104 cm³/mol. The molecule has 0 saturated heterocycles. The number of benzene rings is 2. The lowest BCUT2D eigenvalue weighted by atomic mass is 10.2. The predicted octanol–water partition coefficient (Wildman–Crippen LogP) is 3.62. The number of nitrogens with zero attached hydrogens (tertiary/aromatic N) is 2. The van der Waals surface area contributed by atoms with Gasteiger partial charge in [0, 0.05) is 17.3 Å². The van der Waals surface area contributed by atoms with Crippen molar-refractivity contribution in [3.63, 3.8) is 0 Å². The quantitative estimate of drug-likeness (QED) is 0.606. The first kappa shape index (κ1) is 16.2. The lowest BCUT2D eigenvalue weighted by Gasteiger charge is -2.06. The van der Waals surface area contributed by atoms with E-state index in [1.807, 2.05) is 60.7 Å². The Balaban J connectivity index is 1.99. The second kappa shape index (κ2) is 6.57. The minimum atomic E-state index is -0.498. The van der Waals surface area contributed by atoms with Crippen LogP contribution in [0.2, 0.25) is 0 Å². The van der Waals surface area contributed by atoms with Crippen LogP contribution >= 0.6 is 11.3 Å². The molecule has 0 aliphatic rings. The molecule has 0 aliphatic heterocycles. The third-order valence-corrected chi connectivity index (χ3v) is 5.16. The van der Waals surface area contributed by atoms with Crippen molar-refractivity contribution in [2.45, 2.75) is 6.92 Å². The van der Waals surface area contributed by atoms with Gasteiger partial charge in [-0.25, -0.2) is 9.78 Å². The number of aryl methyl sites for hydroxylation is 1. The zero-order valence-corrected chi connectivity index (χ0v) is 14.8. The SMILES string of the molecule is Cc1cn(-c2nc(-c3ccccc3)sc2-c2ccccc2)c(=O)[nH]c1=O. The van der Waals surface area contributed by atoms with E-state index in [4.69, 9.17) is 4.98 Å². The maximum atomic E-state index is 12.4. The lowest BCUT2D eigenvalue weighted by Crippen LogP contribution is -2.30. The van der Waals surface area contributed by atoms with E-state index in [-0.39, 0.29) is 5.56 Å². The van der Waals surface area contributed by atoms with E-state index in [2.05, 4.69) is 4.98 Å². The highest BCUT2D eigenvalue weighted by atomic mass is 32.1. The fourth-order valence-corrected chi connectivity index (χ4v) is 3.75. The Morgan fingerprint density at radius 2 is 1.54 bits per heavy atom. The van der Waals surface area contributed by atoms with E-state index in [9.17, 15) is 9.59 Å². The van der Waals surface area contributed by atoms with Crippen LogP contribution in [-0.2, 0) is 0 Å². The molecule has 1 N–H and O–H groups in total. The smallest absolute Gasteiger partial charge is 0.273 e. The van der Waals surface area contributed by atoms with Gasteiger partial charge in [0.05, 0.1) is 4.88 Å². The molecule has 0 saturated carbocycles. The first-order valence-corrected chi connectivity index (χ1v) is 8.90. The van der Waals surface area contributed by atoms with Crippen LogP contribution in [0.25, 0.3) is 26.8 Å². The summed E-state index contributed by atoms with van der Waals surface area (Å²) in [6.45, 7) is 1.67. The number of hydrogen-bond acceptors (Lipinski definition) is 4. The molecule has 0 fully saturated rings. The van der Waals surface area contributed by atoms with Crippen LogP contribution in [0.4, 0.5) is 0 Å². The number of thiazole rings is 1. The molecule has 2 aromatic heterocycles. The average molecular weight is 361 g/mol. The number of aromatic amines is 1. The summed E-state index contributed by atoms with van der Waals surface area (Å²) >= 11 is 1.52. The van der Waals surface area contributed by atoms with Crippen LogP contribution in [0.3, 0.4) is 0 Å². The number of H-pyrrole nitrogens is 1. The molecule has 128 valence electrons. The summed E-state index contributed by atoms with van der Waals surface area (Å²) in [5.41, 5.74) is 1.53. The molecular weight excluding hydrogens is 346 g/mol. The normalized spacial score (nSPS) is 10.8. The third kappa shape index (κ3) is 2.91. The van der Waals surface area contributed by atoms with Gasteiger partial charge in [-0.3, -0.25) is 14.3 Å². The van der Waals surface area contributed by atoms with Gasteiger partial charge in [0.1, 0.15) is 5.01 Å². The lowest BCUT2D eigenvalue weighted by molar-refractivity contribution is 0.862. The van der Waals surface area contributed by atoms with Crippen molar-refractivity contribution in [1.29, 1.82) is 0 Å². The largest absolute Gasteiger partial charge is 0.334 e. The van der Waals surface area contributed by atoms with Crippen LogP contribution in [0, 0.1) is 6.92 Å². The highest BCUT2D eigenvalue weighted by Gasteiger charge is 2.17. The van der Waals surface area contributed by atoms with Crippen LogP contribution in [0.5, 0.6) is 0 Å². The van der Waals surface area contributed by atoms with Crippen LogP contribution in [0.1, 0.15) is 5.56 Å². The monoisotopic (exact) mass is 361 g/mol. The molecule has 0 unspecified atom stereocenters. The molecular formula is C20H15N3O2S. The average Bonchev–Trinajstić information content (AvgIpc) is 3.11. The third-order valence-electron chi connectivity index (χ3n) is 4.01. The minimum Gasteiger partial charge on any atom is -0.273 e. The number of rotatable bonds is 3. The summed E-state index contributed by atoms with van der Waals surface area (Å²) in [6, 6.07) is 19.6. The van der Waals surface area contributed by atoms with Crippen LogP contribution in [0.15, 0.2) is 76.4 Å². The maximum absolute atomic E-state index is 12.4. The number of nitrogens with one attached hydrogen (secondary N) is 1. The summed E-state index contributed by atoms with van der Waals surface area (Å²) < 4.78 is 1.40. The molecule has 6 heteroatoms. The van der Waals surface area contributed by atoms with Crippen LogP contribution in [-0.4, -0.2) is 14.5 Å². The zero-order chi connectivity index (χ0) is 18.1. The molecule has 2 aromatic carbocycles. The zero-order valence-electron chi connectivity index (χ0n) is 14.0. The van der Waals surface area contributed by atoms with Crippen molar-refractivity contribution in [3.8, 4) is 26.8 Å². The van der Waals surface area contributed by atoms with Crippen LogP contribution < -0.4 is 11.2 Å². The summed E-state index contributed by atoms with van der Waals surface area (Å²) in [4.78, 5) is 32.1. The van der Waals surface area contributed by atoms with Gasteiger partial charge in [0.25, 0.3) is 5.56 Å². The van der Waals surface area contributed by atoms with Gasteiger partial charge in [-0.15, -0.1) is 11.3 Å². The van der Waals surface area contributed by atoms with E-state index in [1.54, 1.807) is 6.92 Å². The topological polar surface area (TPSA) is 67.8 Å². The first-order chi connectivity index (χ1) is 12.6. The molecule has 5 nitrogen and oxygen atoms in total. The minimum absolute atomic E-state index is 0.383. The van der Waals surface area contributed by atoms with Gasteiger partial charge in [-0.05, 0) is 12.5 Å². The molecule has 26 heavy (non-hydrogen) atoms. The van der Waals surface area contributed by atoms with E-state index >= 15 is 0 Å². The standard InChI is InChI=1S/C20H15N3O2S/c1-13-12-23(20(25)22-18(13)24)17-16(14-8-4-2-5-9-14)26-19(21-17)15-10-6-3-7-11-15/h2-12H,1H3,(H,22,24,25). The van der Waals surface area contributed by atoms with Crippen molar-refractivity contribution in [2.75, 3.05) is 0 Å². The van der Waals surface area contributed by atoms with Gasteiger partial charge in [0.15, 0.2) is 5.82 Å². The number of aromatic nitrogens is 3. The second-order valence-corrected chi connectivity index (χ2v) is 6.84. The maximum Gasteiger partial charge on any atom is 0.334 e. The summed E-state index contributed by atoms with van der Waals surface area (Å²) in [5.74, 6) is 0.518. The first-order valence-electron chi connectivity index (χ1n) is 8.08. The molecule has 2 heterocycles. The summed E-state index contributed by atoms with van der Waals surface area (Å²) in [5, 5.41) is 0.815. The van der Waals surface area contributed by atoms with Gasteiger partial charge >= 0.3 is 5.69 Å². The molecule has 0 atom stereocenters. The molecule has 0 amide bonds. The Morgan fingerprint density at radius 1 is 0.923 bits per heavy atom. The van der Waals surface area contributed by atoms with E-state index in [0.29, 0.717) is 11.4 Å². The summed E-state index contributed by atoms with van der Waals surface area (Å²) in [6.07, 6.45) is 1.54. The second-order valence-electron chi connectivity index (χ2n) is 5.85. The van der Waals surface area contributed by atoms with Gasteiger partial charge in [-0.2, -0.15) is 0 Å². The molecule has 4 aromatic rings. The fraction of sp³-hybridized carbons (Fsp3) is 0.0500. The fourth-order valence-electron chi connectivity index (χ4n) is 2.68.